The number of nitrogens with two attached hydrogens (primary N) is 1. The molecule has 6 heteroatoms. The van der Waals surface area contributed by atoms with E-state index in [2.05, 4.69) is 10.6 Å². The molecule has 1 aromatic rings. The molecule has 6 nitrogen and oxygen atoms in total. The van der Waals surface area contributed by atoms with Crippen molar-refractivity contribution in [3.05, 3.63) is 29.8 Å². The molecule has 0 saturated heterocycles. The Hall–Kier alpha value is -1.92. The molecule has 0 aromatic heterocycles. The summed E-state index contributed by atoms with van der Waals surface area (Å²) in [5, 5.41) is 5.42. The number of ether oxygens (including phenoxy) is 1. The molecule has 0 fully saturated rings. The van der Waals surface area contributed by atoms with Gasteiger partial charge in [0.05, 0.1) is 11.3 Å². The smallest absolute Gasteiger partial charge is 0.253 e. The van der Waals surface area contributed by atoms with E-state index in [4.69, 9.17) is 10.5 Å². The number of rotatable bonds is 8. The van der Waals surface area contributed by atoms with Gasteiger partial charge in [-0.3, -0.25) is 9.59 Å². The monoisotopic (exact) mass is 279 g/mol. The third-order valence-corrected chi connectivity index (χ3v) is 2.63. The predicted octanol–water partition coefficient (Wildman–Crippen LogP) is 0.740. The van der Waals surface area contributed by atoms with Crippen LogP contribution >= 0.6 is 0 Å². The van der Waals surface area contributed by atoms with Crippen LogP contribution in [0.1, 0.15) is 23.2 Å². The Morgan fingerprint density at radius 2 is 2.05 bits per heavy atom. The second kappa shape index (κ2) is 9.06. The summed E-state index contributed by atoms with van der Waals surface area (Å²) in [6, 6.07) is 6.88. The highest BCUT2D eigenvalue weighted by atomic mass is 16.5. The summed E-state index contributed by atoms with van der Waals surface area (Å²) in [5.74, 6) is -0.385. The zero-order valence-electron chi connectivity index (χ0n) is 11.6. The molecule has 0 bridgehead atoms. The van der Waals surface area contributed by atoms with Crippen molar-refractivity contribution in [2.75, 3.05) is 32.1 Å². The van der Waals surface area contributed by atoms with Gasteiger partial charge in [0, 0.05) is 33.2 Å². The molecule has 0 aliphatic carbocycles. The summed E-state index contributed by atoms with van der Waals surface area (Å²) in [5.41, 5.74) is 6.28. The van der Waals surface area contributed by atoms with E-state index in [1.807, 2.05) is 0 Å². The van der Waals surface area contributed by atoms with E-state index in [9.17, 15) is 9.59 Å². The fraction of sp³-hybridized carbons (Fsp3) is 0.429. The van der Waals surface area contributed by atoms with Gasteiger partial charge in [0.1, 0.15) is 0 Å². The van der Waals surface area contributed by atoms with E-state index in [1.165, 1.54) is 0 Å². The van der Waals surface area contributed by atoms with Crippen LogP contribution in [0, 0.1) is 0 Å². The number of para-hydroxylation sites is 1. The highest BCUT2D eigenvalue weighted by Crippen LogP contribution is 2.15. The fourth-order valence-electron chi connectivity index (χ4n) is 1.66. The molecule has 1 rings (SSSR count). The molecular formula is C14H21N3O3. The quantitative estimate of drug-likeness (QED) is 0.612. The van der Waals surface area contributed by atoms with Gasteiger partial charge < -0.3 is 21.1 Å². The second-order valence-electron chi connectivity index (χ2n) is 4.23. The van der Waals surface area contributed by atoms with Crippen molar-refractivity contribution in [1.82, 2.24) is 5.32 Å². The van der Waals surface area contributed by atoms with Gasteiger partial charge >= 0.3 is 0 Å². The Morgan fingerprint density at radius 3 is 2.75 bits per heavy atom. The molecule has 0 spiro atoms. The maximum Gasteiger partial charge on any atom is 0.253 e. The SMILES string of the molecule is COCCCC(=O)Nc1ccccc1C(=O)NCCN. The lowest BCUT2D eigenvalue weighted by Crippen LogP contribution is -2.30. The molecule has 0 heterocycles. The number of anilines is 1. The van der Waals surface area contributed by atoms with E-state index in [0.717, 1.165) is 0 Å². The van der Waals surface area contributed by atoms with Crippen LogP contribution < -0.4 is 16.4 Å². The minimum absolute atomic E-state index is 0.138. The molecule has 0 radical (unpaired) electrons. The van der Waals surface area contributed by atoms with Crippen LogP contribution in [0.3, 0.4) is 0 Å². The molecule has 0 atom stereocenters. The molecule has 0 aliphatic rings. The van der Waals surface area contributed by atoms with Gasteiger partial charge in [-0.1, -0.05) is 12.1 Å². The average Bonchev–Trinajstić information content (AvgIpc) is 2.45. The maximum absolute atomic E-state index is 11.9. The third-order valence-electron chi connectivity index (χ3n) is 2.63. The highest BCUT2D eigenvalue weighted by Gasteiger charge is 2.12. The first-order valence-electron chi connectivity index (χ1n) is 6.55. The first-order chi connectivity index (χ1) is 9.69. The lowest BCUT2D eigenvalue weighted by molar-refractivity contribution is -0.116. The van der Waals surface area contributed by atoms with E-state index in [1.54, 1.807) is 31.4 Å². The van der Waals surface area contributed by atoms with Gasteiger partial charge in [0.2, 0.25) is 5.91 Å². The van der Waals surface area contributed by atoms with Crippen LogP contribution in [0.2, 0.25) is 0 Å². The number of hydrogen-bond acceptors (Lipinski definition) is 4. The minimum atomic E-state index is -0.247. The number of hydrogen-bond donors (Lipinski definition) is 3. The lowest BCUT2D eigenvalue weighted by atomic mass is 10.1. The van der Waals surface area contributed by atoms with Crippen molar-refractivity contribution in [3.8, 4) is 0 Å². The highest BCUT2D eigenvalue weighted by molar-refractivity contribution is 6.03. The number of nitrogens with one attached hydrogen (secondary N) is 2. The Bertz CT molecular complexity index is 449. The molecule has 0 unspecified atom stereocenters. The zero-order chi connectivity index (χ0) is 14.8. The summed E-state index contributed by atoms with van der Waals surface area (Å²) in [6.45, 7) is 1.30. The summed E-state index contributed by atoms with van der Waals surface area (Å²) in [4.78, 5) is 23.7. The first-order valence-corrected chi connectivity index (χ1v) is 6.55. The van der Waals surface area contributed by atoms with Gasteiger partial charge in [-0.2, -0.15) is 0 Å². The minimum Gasteiger partial charge on any atom is -0.385 e. The molecule has 110 valence electrons. The number of amides is 2. The number of carbonyl (C=O) groups is 2. The third kappa shape index (κ3) is 5.38. The van der Waals surface area contributed by atoms with E-state index < -0.39 is 0 Å². The molecule has 0 saturated carbocycles. The predicted molar refractivity (Wildman–Crippen MR) is 77.6 cm³/mol. The molecule has 4 N–H and O–H groups in total. The Kier molecular flexibility index (Phi) is 7.31. The van der Waals surface area contributed by atoms with Crippen LogP contribution in [0.15, 0.2) is 24.3 Å². The van der Waals surface area contributed by atoms with Gasteiger partial charge in [-0.15, -0.1) is 0 Å². The van der Waals surface area contributed by atoms with Crippen LogP contribution in [0.4, 0.5) is 5.69 Å². The number of benzene rings is 1. The number of carbonyl (C=O) groups excluding carboxylic acids is 2. The van der Waals surface area contributed by atoms with Crippen molar-refractivity contribution in [2.24, 2.45) is 5.73 Å². The zero-order valence-corrected chi connectivity index (χ0v) is 11.6. The Labute approximate surface area is 118 Å². The summed E-state index contributed by atoms with van der Waals surface area (Å²) < 4.78 is 4.89. The van der Waals surface area contributed by atoms with Crippen molar-refractivity contribution in [2.45, 2.75) is 12.8 Å². The van der Waals surface area contributed by atoms with E-state index >= 15 is 0 Å². The topological polar surface area (TPSA) is 93.4 Å². The average molecular weight is 279 g/mol. The van der Waals surface area contributed by atoms with Gasteiger partial charge in [-0.05, 0) is 18.6 Å². The van der Waals surface area contributed by atoms with Gasteiger partial charge in [0.25, 0.3) is 5.91 Å². The maximum atomic E-state index is 11.9. The second-order valence-corrected chi connectivity index (χ2v) is 4.23. The normalized spacial score (nSPS) is 10.1. The van der Waals surface area contributed by atoms with Crippen molar-refractivity contribution in [3.63, 3.8) is 0 Å². The Morgan fingerprint density at radius 1 is 1.30 bits per heavy atom. The standard InChI is InChI=1S/C14H21N3O3/c1-20-10-4-7-13(18)17-12-6-3-2-5-11(12)14(19)16-9-8-15/h2-3,5-6H,4,7-10,15H2,1H3,(H,16,19)(H,17,18). The fourth-order valence-corrected chi connectivity index (χ4v) is 1.66. The first kappa shape index (κ1) is 16.1. The molecule has 2 amide bonds. The van der Waals surface area contributed by atoms with Crippen LogP contribution in [0.5, 0.6) is 0 Å². The van der Waals surface area contributed by atoms with Crippen LogP contribution in [-0.2, 0) is 9.53 Å². The van der Waals surface area contributed by atoms with Crippen LogP contribution in [0.25, 0.3) is 0 Å². The Balaban J connectivity index is 2.65. The van der Waals surface area contributed by atoms with E-state index in [0.29, 0.717) is 43.8 Å². The molecule has 1 aromatic carbocycles. The summed E-state index contributed by atoms with van der Waals surface area (Å²) in [7, 11) is 1.59. The van der Waals surface area contributed by atoms with Crippen molar-refractivity contribution in [1.29, 1.82) is 0 Å². The molecule has 20 heavy (non-hydrogen) atoms. The molecular weight excluding hydrogens is 258 g/mol. The van der Waals surface area contributed by atoms with Gasteiger partial charge in [-0.25, -0.2) is 0 Å². The summed E-state index contributed by atoms with van der Waals surface area (Å²) in [6.07, 6.45) is 0.996. The summed E-state index contributed by atoms with van der Waals surface area (Å²) >= 11 is 0. The van der Waals surface area contributed by atoms with Crippen molar-refractivity contribution < 1.29 is 14.3 Å². The van der Waals surface area contributed by atoms with Crippen molar-refractivity contribution >= 4 is 17.5 Å². The lowest BCUT2D eigenvalue weighted by Gasteiger charge is -2.11. The largest absolute Gasteiger partial charge is 0.385 e. The molecule has 0 aliphatic heterocycles. The van der Waals surface area contributed by atoms with Gasteiger partial charge in [0.15, 0.2) is 0 Å². The van der Waals surface area contributed by atoms with Crippen LogP contribution in [-0.4, -0.2) is 38.6 Å². The number of methoxy groups -OCH3 is 1. The van der Waals surface area contributed by atoms with E-state index in [-0.39, 0.29) is 11.8 Å².